The number of halogens is 1. The van der Waals surface area contributed by atoms with Crippen LogP contribution in [0.5, 0.6) is 0 Å². The molecule has 0 amide bonds. The molecule has 2 atom stereocenters. The monoisotopic (exact) mass is 263 g/mol. The minimum atomic E-state index is 0.146. The lowest BCUT2D eigenvalue weighted by Gasteiger charge is -2.07. The molecule has 1 aliphatic carbocycles. The second kappa shape index (κ2) is 3.35. The van der Waals surface area contributed by atoms with Gasteiger partial charge in [0.15, 0.2) is 0 Å². The average Bonchev–Trinajstić information content (AvgIpc) is 2.68. The van der Waals surface area contributed by atoms with Crippen LogP contribution in [0, 0.1) is 29.6 Å². The SMILES string of the molecule is Cc1cc(Br)ccc1[C@@H]1[C@@H](C#N)C1(C)C. The van der Waals surface area contributed by atoms with E-state index in [1.165, 1.54) is 11.1 Å². The van der Waals surface area contributed by atoms with E-state index in [4.69, 9.17) is 5.26 Å². The molecule has 0 heterocycles. The number of hydrogen-bond acceptors (Lipinski definition) is 1. The zero-order chi connectivity index (χ0) is 11.2. The van der Waals surface area contributed by atoms with Gasteiger partial charge in [0.2, 0.25) is 0 Å². The van der Waals surface area contributed by atoms with E-state index < -0.39 is 0 Å². The molecule has 1 saturated carbocycles. The van der Waals surface area contributed by atoms with Gasteiger partial charge in [-0.2, -0.15) is 5.26 Å². The molecule has 0 radical (unpaired) electrons. The second-order valence-corrected chi connectivity index (χ2v) is 5.82. The van der Waals surface area contributed by atoms with E-state index in [0.29, 0.717) is 5.92 Å². The summed E-state index contributed by atoms with van der Waals surface area (Å²) < 4.78 is 1.11. The Morgan fingerprint density at radius 3 is 2.53 bits per heavy atom. The largest absolute Gasteiger partial charge is 0.198 e. The molecule has 0 unspecified atom stereocenters. The average molecular weight is 264 g/mol. The minimum absolute atomic E-state index is 0.146. The van der Waals surface area contributed by atoms with Crippen molar-refractivity contribution >= 4 is 15.9 Å². The molecule has 1 nitrogen and oxygen atoms in total. The summed E-state index contributed by atoms with van der Waals surface area (Å²) in [4.78, 5) is 0. The predicted octanol–water partition coefficient (Wildman–Crippen LogP) is 4.02. The maximum absolute atomic E-state index is 9.06. The first kappa shape index (κ1) is 10.7. The molecule has 1 aliphatic rings. The van der Waals surface area contributed by atoms with E-state index in [1.807, 2.05) is 0 Å². The molecule has 15 heavy (non-hydrogen) atoms. The molecule has 1 fully saturated rings. The highest BCUT2D eigenvalue weighted by Crippen LogP contribution is 2.64. The quantitative estimate of drug-likeness (QED) is 0.751. The Morgan fingerprint density at radius 2 is 2.07 bits per heavy atom. The molecule has 2 heteroatoms. The summed E-state index contributed by atoms with van der Waals surface area (Å²) in [5, 5.41) is 9.06. The topological polar surface area (TPSA) is 23.8 Å². The van der Waals surface area contributed by atoms with Crippen LogP contribution in [0.3, 0.4) is 0 Å². The van der Waals surface area contributed by atoms with Crippen molar-refractivity contribution in [2.24, 2.45) is 11.3 Å². The number of nitrogens with zero attached hydrogens (tertiary/aromatic N) is 1. The lowest BCUT2D eigenvalue weighted by molar-refractivity contribution is 0.596. The summed E-state index contributed by atoms with van der Waals surface area (Å²) in [5.41, 5.74) is 2.75. The van der Waals surface area contributed by atoms with Gasteiger partial charge in [-0.3, -0.25) is 0 Å². The first-order chi connectivity index (χ1) is 6.98. The van der Waals surface area contributed by atoms with Crippen LogP contribution in [-0.2, 0) is 0 Å². The van der Waals surface area contributed by atoms with Gasteiger partial charge >= 0.3 is 0 Å². The van der Waals surface area contributed by atoms with Gasteiger partial charge in [-0.05, 0) is 35.6 Å². The normalized spacial score (nSPS) is 27.1. The molecule has 0 spiro atoms. The fourth-order valence-corrected chi connectivity index (χ4v) is 2.92. The van der Waals surface area contributed by atoms with Crippen LogP contribution in [0.25, 0.3) is 0 Å². The van der Waals surface area contributed by atoms with Crippen LogP contribution in [0.2, 0.25) is 0 Å². The highest BCUT2D eigenvalue weighted by atomic mass is 79.9. The van der Waals surface area contributed by atoms with Gasteiger partial charge in [0.1, 0.15) is 0 Å². The third kappa shape index (κ3) is 1.59. The van der Waals surface area contributed by atoms with E-state index in [0.717, 1.165) is 4.47 Å². The van der Waals surface area contributed by atoms with Crippen molar-refractivity contribution in [1.82, 2.24) is 0 Å². The maximum atomic E-state index is 9.06. The van der Waals surface area contributed by atoms with Crippen molar-refractivity contribution in [3.8, 4) is 6.07 Å². The molecular formula is C13H14BrN. The van der Waals surface area contributed by atoms with E-state index in [2.05, 4.69) is 61.0 Å². The van der Waals surface area contributed by atoms with Crippen molar-refractivity contribution in [1.29, 1.82) is 5.26 Å². The van der Waals surface area contributed by atoms with Gasteiger partial charge < -0.3 is 0 Å². The lowest BCUT2D eigenvalue weighted by Crippen LogP contribution is -1.92. The number of hydrogen-bond donors (Lipinski definition) is 0. The first-order valence-corrected chi connectivity index (χ1v) is 5.93. The van der Waals surface area contributed by atoms with Gasteiger partial charge in [-0.15, -0.1) is 0 Å². The molecule has 1 aromatic carbocycles. The smallest absolute Gasteiger partial charge is 0.0668 e. The zero-order valence-corrected chi connectivity index (χ0v) is 10.8. The molecular weight excluding hydrogens is 250 g/mol. The Labute approximate surface area is 99.2 Å². The second-order valence-electron chi connectivity index (χ2n) is 4.91. The highest BCUT2D eigenvalue weighted by Gasteiger charge is 2.59. The molecule has 0 bridgehead atoms. The van der Waals surface area contributed by atoms with E-state index in [-0.39, 0.29) is 11.3 Å². The standard InChI is InChI=1S/C13H14BrN/c1-8-6-9(14)4-5-10(8)12-11(7-15)13(12,2)3/h4-6,11-12H,1-3H3/t11-,12-/m1/s1. The van der Waals surface area contributed by atoms with Crippen LogP contribution in [0.15, 0.2) is 22.7 Å². The summed E-state index contributed by atoms with van der Waals surface area (Å²) in [5.74, 6) is 0.591. The van der Waals surface area contributed by atoms with Crippen molar-refractivity contribution in [3.63, 3.8) is 0 Å². The predicted molar refractivity (Wildman–Crippen MR) is 64.5 cm³/mol. The Kier molecular flexibility index (Phi) is 2.39. The van der Waals surface area contributed by atoms with E-state index in [9.17, 15) is 0 Å². The Hall–Kier alpha value is -0.810. The summed E-state index contributed by atoms with van der Waals surface area (Å²) in [7, 11) is 0. The summed E-state index contributed by atoms with van der Waals surface area (Å²) >= 11 is 3.46. The maximum Gasteiger partial charge on any atom is 0.0668 e. The van der Waals surface area contributed by atoms with Crippen molar-refractivity contribution < 1.29 is 0 Å². The van der Waals surface area contributed by atoms with Crippen LogP contribution < -0.4 is 0 Å². The van der Waals surface area contributed by atoms with Gasteiger partial charge in [0.05, 0.1) is 12.0 Å². The van der Waals surface area contributed by atoms with Crippen LogP contribution in [-0.4, -0.2) is 0 Å². The van der Waals surface area contributed by atoms with Gasteiger partial charge in [0, 0.05) is 10.4 Å². The van der Waals surface area contributed by atoms with Gasteiger partial charge in [0.25, 0.3) is 0 Å². The zero-order valence-electron chi connectivity index (χ0n) is 9.21. The number of rotatable bonds is 1. The third-order valence-corrected chi connectivity index (χ3v) is 4.03. The highest BCUT2D eigenvalue weighted by molar-refractivity contribution is 9.10. The first-order valence-electron chi connectivity index (χ1n) is 5.14. The molecule has 2 rings (SSSR count). The van der Waals surface area contributed by atoms with Crippen molar-refractivity contribution in [3.05, 3.63) is 33.8 Å². The Balaban J connectivity index is 2.38. The van der Waals surface area contributed by atoms with Gasteiger partial charge in [-0.25, -0.2) is 0 Å². The molecule has 0 aromatic heterocycles. The van der Waals surface area contributed by atoms with Crippen molar-refractivity contribution in [2.75, 3.05) is 0 Å². The molecule has 1 aromatic rings. The summed E-state index contributed by atoms with van der Waals surface area (Å²) in [6, 6.07) is 8.73. The van der Waals surface area contributed by atoms with Crippen LogP contribution >= 0.6 is 15.9 Å². The summed E-state index contributed by atoms with van der Waals surface area (Å²) in [6.07, 6.45) is 0. The number of benzene rings is 1. The number of aryl methyl sites for hydroxylation is 1. The van der Waals surface area contributed by atoms with E-state index >= 15 is 0 Å². The third-order valence-electron chi connectivity index (χ3n) is 3.53. The lowest BCUT2D eigenvalue weighted by atomic mass is 9.99. The fourth-order valence-electron chi connectivity index (χ4n) is 2.45. The molecule has 78 valence electrons. The van der Waals surface area contributed by atoms with Crippen LogP contribution in [0.1, 0.15) is 30.9 Å². The fraction of sp³-hybridized carbons (Fsp3) is 0.462. The Bertz CT molecular complexity index is 442. The molecule has 0 aliphatic heterocycles. The van der Waals surface area contributed by atoms with Gasteiger partial charge in [-0.1, -0.05) is 35.8 Å². The van der Waals surface area contributed by atoms with E-state index in [1.54, 1.807) is 0 Å². The summed E-state index contributed by atoms with van der Waals surface area (Å²) in [6.45, 7) is 6.46. The molecule has 0 saturated heterocycles. The minimum Gasteiger partial charge on any atom is -0.198 e. The Morgan fingerprint density at radius 1 is 1.40 bits per heavy atom. The molecule has 0 N–H and O–H groups in total. The van der Waals surface area contributed by atoms with Crippen LogP contribution in [0.4, 0.5) is 0 Å². The van der Waals surface area contributed by atoms with Crippen molar-refractivity contribution in [2.45, 2.75) is 26.7 Å². The number of nitriles is 1.